The molecule has 0 saturated carbocycles. The third-order valence-corrected chi connectivity index (χ3v) is 3.66. The minimum absolute atomic E-state index is 0.189. The molecule has 0 aliphatic rings. The summed E-state index contributed by atoms with van der Waals surface area (Å²) in [5.74, 6) is 0. The number of nitrogens with zero attached hydrogens (tertiary/aromatic N) is 2. The number of aromatic nitrogens is 2. The van der Waals surface area contributed by atoms with Gasteiger partial charge in [-0.1, -0.05) is 26.8 Å². The molecule has 0 amide bonds. The van der Waals surface area contributed by atoms with Gasteiger partial charge in [-0.2, -0.15) is 0 Å². The molecule has 0 atom stereocenters. The van der Waals surface area contributed by atoms with E-state index < -0.39 is 0 Å². The molecule has 16 heavy (non-hydrogen) atoms. The Kier molecular flexibility index (Phi) is 1.89. The molecule has 3 aromatic rings. The van der Waals surface area contributed by atoms with E-state index in [4.69, 9.17) is 0 Å². The van der Waals surface area contributed by atoms with Crippen molar-refractivity contribution in [3.05, 3.63) is 35.3 Å². The zero-order valence-corrected chi connectivity index (χ0v) is 10.5. The van der Waals surface area contributed by atoms with Crippen molar-refractivity contribution >= 4 is 27.3 Å². The first-order valence-electron chi connectivity index (χ1n) is 5.41. The lowest BCUT2D eigenvalue weighted by molar-refractivity contribution is 0.591. The molecule has 0 radical (unpaired) electrons. The van der Waals surface area contributed by atoms with Gasteiger partial charge < -0.3 is 0 Å². The first-order chi connectivity index (χ1) is 7.55. The number of thiazole rings is 1. The summed E-state index contributed by atoms with van der Waals surface area (Å²) in [7, 11) is 0. The average molecular weight is 230 g/mol. The molecular weight excluding hydrogens is 216 g/mol. The standard InChI is InChI=1S/C13H14N2S/c1-13(2,3)9-4-5-10-11(8-9)15-6-7-16-12(15)14-10/h4-8H,1-3H3. The number of hydrogen-bond acceptors (Lipinski definition) is 2. The van der Waals surface area contributed by atoms with Crippen LogP contribution in [-0.2, 0) is 5.41 Å². The summed E-state index contributed by atoms with van der Waals surface area (Å²) in [6.45, 7) is 6.71. The second-order valence-electron chi connectivity index (χ2n) is 5.12. The van der Waals surface area contributed by atoms with Crippen molar-refractivity contribution < 1.29 is 0 Å². The summed E-state index contributed by atoms with van der Waals surface area (Å²) in [6, 6.07) is 6.55. The van der Waals surface area contributed by atoms with Crippen molar-refractivity contribution in [2.24, 2.45) is 0 Å². The van der Waals surface area contributed by atoms with E-state index in [0.29, 0.717) is 0 Å². The molecule has 0 bridgehead atoms. The maximum Gasteiger partial charge on any atom is 0.194 e. The van der Waals surface area contributed by atoms with Crippen molar-refractivity contribution in [3.63, 3.8) is 0 Å². The van der Waals surface area contributed by atoms with Crippen LogP contribution in [0, 0.1) is 0 Å². The number of rotatable bonds is 0. The molecule has 0 unspecified atom stereocenters. The van der Waals surface area contributed by atoms with Crippen LogP contribution in [0.25, 0.3) is 16.0 Å². The highest BCUT2D eigenvalue weighted by molar-refractivity contribution is 7.15. The van der Waals surface area contributed by atoms with E-state index >= 15 is 0 Å². The van der Waals surface area contributed by atoms with Gasteiger partial charge in [-0.15, -0.1) is 11.3 Å². The second-order valence-corrected chi connectivity index (χ2v) is 5.99. The van der Waals surface area contributed by atoms with Gasteiger partial charge in [-0.05, 0) is 23.1 Å². The van der Waals surface area contributed by atoms with E-state index in [2.05, 4.69) is 59.9 Å². The third-order valence-electron chi connectivity index (χ3n) is 2.91. The SMILES string of the molecule is CC(C)(C)c1ccc2nc3sccn3c2c1. The largest absolute Gasteiger partial charge is 0.290 e. The van der Waals surface area contributed by atoms with Crippen molar-refractivity contribution in [2.75, 3.05) is 0 Å². The lowest BCUT2D eigenvalue weighted by atomic mass is 9.87. The summed E-state index contributed by atoms with van der Waals surface area (Å²) in [6.07, 6.45) is 2.09. The van der Waals surface area contributed by atoms with Gasteiger partial charge in [0.1, 0.15) is 0 Å². The van der Waals surface area contributed by atoms with Crippen LogP contribution >= 0.6 is 11.3 Å². The zero-order chi connectivity index (χ0) is 11.3. The predicted molar refractivity (Wildman–Crippen MR) is 69.3 cm³/mol. The summed E-state index contributed by atoms with van der Waals surface area (Å²) in [5, 5.41) is 2.07. The molecular formula is C13H14N2S. The molecule has 2 aromatic heterocycles. The van der Waals surface area contributed by atoms with Crippen LogP contribution in [0.2, 0.25) is 0 Å². The lowest BCUT2D eigenvalue weighted by Gasteiger charge is -2.18. The second kappa shape index (κ2) is 3.08. The fourth-order valence-corrected chi connectivity index (χ4v) is 2.64. The highest BCUT2D eigenvalue weighted by atomic mass is 32.1. The molecule has 0 N–H and O–H groups in total. The van der Waals surface area contributed by atoms with Crippen LogP contribution in [0.15, 0.2) is 29.8 Å². The number of fused-ring (bicyclic) bond motifs is 3. The first kappa shape index (κ1) is 9.85. The van der Waals surface area contributed by atoms with Gasteiger partial charge >= 0.3 is 0 Å². The predicted octanol–water partition coefficient (Wildman–Crippen LogP) is 3.85. The van der Waals surface area contributed by atoms with Crippen molar-refractivity contribution in [1.82, 2.24) is 9.38 Å². The topological polar surface area (TPSA) is 17.3 Å². The van der Waals surface area contributed by atoms with E-state index in [9.17, 15) is 0 Å². The van der Waals surface area contributed by atoms with Crippen LogP contribution in [0.3, 0.4) is 0 Å². The van der Waals surface area contributed by atoms with E-state index in [0.717, 1.165) is 10.5 Å². The smallest absolute Gasteiger partial charge is 0.194 e. The minimum Gasteiger partial charge on any atom is -0.290 e. The van der Waals surface area contributed by atoms with Gasteiger partial charge in [0.2, 0.25) is 0 Å². The fraction of sp³-hybridized carbons (Fsp3) is 0.308. The van der Waals surface area contributed by atoms with Crippen LogP contribution in [-0.4, -0.2) is 9.38 Å². The minimum atomic E-state index is 0.189. The van der Waals surface area contributed by atoms with Gasteiger partial charge in [0.15, 0.2) is 4.96 Å². The molecule has 0 spiro atoms. The Morgan fingerprint density at radius 3 is 2.81 bits per heavy atom. The number of benzene rings is 1. The summed E-state index contributed by atoms with van der Waals surface area (Å²) in [5.41, 5.74) is 3.84. The lowest BCUT2D eigenvalue weighted by Crippen LogP contribution is -2.10. The summed E-state index contributed by atoms with van der Waals surface area (Å²) < 4.78 is 2.16. The van der Waals surface area contributed by atoms with E-state index in [1.165, 1.54) is 11.1 Å². The molecule has 2 nitrogen and oxygen atoms in total. The maximum absolute atomic E-state index is 4.58. The Morgan fingerprint density at radius 1 is 1.25 bits per heavy atom. The summed E-state index contributed by atoms with van der Waals surface area (Å²) >= 11 is 1.68. The molecule has 0 fully saturated rings. The van der Waals surface area contributed by atoms with Crippen LogP contribution in [0.5, 0.6) is 0 Å². The molecule has 0 saturated heterocycles. The highest BCUT2D eigenvalue weighted by Crippen LogP contribution is 2.27. The van der Waals surface area contributed by atoms with E-state index in [-0.39, 0.29) is 5.41 Å². The van der Waals surface area contributed by atoms with Gasteiger partial charge in [-0.25, -0.2) is 4.98 Å². The van der Waals surface area contributed by atoms with Gasteiger partial charge in [0, 0.05) is 11.6 Å². The fourth-order valence-electron chi connectivity index (χ4n) is 1.92. The summed E-state index contributed by atoms with van der Waals surface area (Å²) in [4.78, 5) is 5.65. The van der Waals surface area contributed by atoms with Crippen LogP contribution < -0.4 is 0 Å². The Hall–Kier alpha value is -1.35. The number of hydrogen-bond donors (Lipinski definition) is 0. The zero-order valence-electron chi connectivity index (χ0n) is 9.69. The van der Waals surface area contributed by atoms with E-state index in [1.807, 2.05) is 0 Å². The van der Waals surface area contributed by atoms with Crippen LogP contribution in [0.1, 0.15) is 26.3 Å². The molecule has 1 aromatic carbocycles. The molecule has 3 heteroatoms. The Balaban J connectivity index is 2.37. The number of imidazole rings is 1. The monoisotopic (exact) mass is 230 g/mol. The molecule has 0 aliphatic heterocycles. The average Bonchev–Trinajstić information content (AvgIpc) is 2.74. The molecule has 0 aliphatic carbocycles. The van der Waals surface area contributed by atoms with Crippen molar-refractivity contribution in [3.8, 4) is 0 Å². The van der Waals surface area contributed by atoms with Gasteiger partial charge in [-0.3, -0.25) is 4.40 Å². The Labute approximate surface area is 98.6 Å². The third kappa shape index (κ3) is 1.35. The molecule has 2 heterocycles. The normalized spacial score (nSPS) is 12.7. The Bertz CT molecular complexity index is 655. The quantitative estimate of drug-likeness (QED) is 0.573. The first-order valence-corrected chi connectivity index (χ1v) is 6.29. The molecule has 3 rings (SSSR count). The van der Waals surface area contributed by atoms with Crippen molar-refractivity contribution in [1.29, 1.82) is 0 Å². The van der Waals surface area contributed by atoms with Gasteiger partial charge in [0.05, 0.1) is 11.0 Å². The Morgan fingerprint density at radius 2 is 2.06 bits per heavy atom. The molecule has 82 valence electrons. The van der Waals surface area contributed by atoms with Crippen molar-refractivity contribution in [2.45, 2.75) is 26.2 Å². The van der Waals surface area contributed by atoms with E-state index in [1.54, 1.807) is 11.3 Å². The van der Waals surface area contributed by atoms with Gasteiger partial charge in [0.25, 0.3) is 0 Å². The highest BCUT2D eigenvalue weighted by Gasteiger charge is 2.15. The maximum atomic E-state index is 4.58. The van der Waals surface area contributed by atoms with Crippen LogP contribution in [0.4, 0.5) is 0 Å².